The summed E-state index contributed by atoms with van der Waals surface area (Å²) in [6.45, 7) is 6.08. The van der Waals surface area contributed by atoms with Crippen LogP contribution in [-0.2, 0) is 26.1 Å². The van der Waals surface area contributed by atoms with Crippen LogP contribution >= 0.6 is 0 Å². The van der Waals surface area contributed by atoms with Crippen molar-refractivity contribution in [3.8, 4) is 11.5 Å². The van der Waals surface area contributed by atoms with Crippen molar-refractivity contribution in [3.63, 3.8) is 0 Å². The molecule has 1 amide bonds. The molecule has 0 aliphatic carbocycles. The standard InChI is InChI=1S/C39H46N2O3/c1-3-4-7-12-31-17-20-35(21-18-31)39(42)41(36-23-25-40(26-24-36)28-32-13-8-5-9-14-32)29-34-19-22-37(43-2)38(27-34)44-30-33-15-10-6-11-16-33/h5-6,8-11,13-22,27,36H,3-4,7,12,23-26,28-30H2,1-2H3. The minimum atomic E-state index is 0.0918. The van der Waals surface area contributed by atoms with Crippen molar-refractivity contribution in [1.29, 1.82) is 0 Å². The Hall–Kier alpha value is -4.09. The Balaban J connectivity index is 1.33. The van der Waals surface area contributed by atoms with Gasteiger partial charge in [0.1, 0.15) is 6.61 Å². The smallest absolute Gasteiger partial charge is 0.254 e. The van der Waals surface area contributed by atoms with E-state index < -0.39 is 0 Å². The number of nitrogens with zero attached hydrogens (tertiary/aromatic N) is 2. The highest BCUT2D eigenvalue weighted by Gasteiger charge is 2.29. The summed E-state index contributed by atoms with van der Waals surface area (Å²) in [7, 11) is 1.66. The Morgan fingerprint density at radius 3 is 2.09 bits per heavy atom. The molecule has 0 saturated carbocycles. The van der Waals surface area contributed by atoms with Crippen molar-refractivity contribution >= 4 is 5.91 Å². The predicted octanol–water partition coefficient (Wildman–Crippen LogP) is 8.31. The van der Waals surface area contributed by atoms with E-state index >= 15 is 0 Å². The normalized spacial score (nSPS) is 13.9. The number of hydrogen-bond donors (Lipinski definition) is 0. The molecule has 0 bridgehead atoms. The van der Waals surface area contributed by atoms with E-state index in [1.807, 2.05) is 42.5 Å². The van der Waals surface area contributed by atoms with Gasteiger partial charge in [0.25, 0.3) is 5.91 Å². The van der Waals surface area contributed by atoms with Crippen molar-refractivity contribution < 1.29 is 14.3 Å². The van der Waals surface area contributed by atoms with Crippen LogP contribution in [0.15, 0.2) is 103 Å². The molecule has 5 rings (SSSR count). The topological polar surface area (TPSA) is 42.0 Å². The fourth-order valence-electron chi connectivity index (χ4n) is 6.02. The summed E-state index contributed by atoms with van der Waals surface area (Å²) < 4.78 is 11.8. The molecule has 0 aromatic heterocycles. The Labute approximate surface area is 263 Å². The number of methoxy groups -OCH3 is 1. The highest BCUT2D eigenvalue weighted by molar-refractivity contribution is 5.94. The van der Waals surface area contributed by atoms with Crippen LogP contribution in [0, 0.1) is 0 Å². The first-order valence-corrected chi connectivity index (χ1v) is 16.1. The van der Waals surface area contributed by atoms with Gasteiger partial charge in [-0.3, -0.25) is 9.69 Å². The molecule has 0 unspecified atom stereocenters. The molecular formula is C39H46N2O3. The first-order valence-electron chi connectivity index (χ1n) is 16.1. The number of ether oxygens (including phenoxy) is 2. The maximum absolute atomic E-state index is 14.2. The van der Waals surface area contributed by atoms with Gasteiger partial charge in [-0.05, 0) is 72.2 Å². The van der Waals surface area contributed by atoms with Crippen molar-refractivity contribution in [2.24, 2.45) is 0 Å². The van der Waals surface area contributed by atoms with E-state index in [1.165, 1.54) is 30.4 Å². The molecule has 0 radical (unpaired) electrons. The van der Waals surface area contributed by atoms with Crippen LogP contribution in [0.5, 0.6) is 11.5 Å². The van der Waals surface area contributed by atoms with E-state index in [1.54, 1.807) is 7.11 Å². The number of unbranched alkanes of at least 4 members (excludes halogenated alkanes) is 2. The van der Waals surface area contributed by atoms with Crippen LogP contribution in [0.4, 0.5) is 0 Å². The van der Waals surface area contributed by atoms with Crippen molar-refractivity contribution in [1.82, 2.24) is 9.80 Å². The Morgan fingerprint density at radius 2 is 1.43 bits per heavy atom. The lowest BCUT2D eigenvalue weighted by Gasteiger charge is -2.39. The van der Waals surface area contributed by atoms with Crippen molar-refractivity contribution in [3.05, 3.63) is 131 Å². The zero-order chi connectivity index (χ0) is 30.6. The second kappa shape index (κ2) is 16.1. The number of likely N-dealkylation sites (tertiary alicyclic amines) is 1. The molecule has 230 valence electrons. The maximum Gasteiger partial charge on any atom is 0.254 e. The van der Waals surface area contributed by atoms with Crippen LogP contribution in [-0.4, -0.2) is 41.9 Å². The van der Waals surface area contributed by atoms with Crippen LogP contribution in [0.3, 0.4) is 0 Å². The van der Waals surface area contributed by atoms with Crippen molar-refractivity contribution in [2.75, 3.05) is 20.2 Å². The third-order valence-electron chi connectivity index (χ3n) is 8.60. The highest BCUT2D eigenvalue weighted by atomic mass is 16.5. The Bertz CT molecular complexity index is 1430. The van der Waals surface area contributed by atoms with Gasteiger partial charge in [-0.15, -0.1) is 0 Å². The number of piperidine rings is 1. The molecule has 1 aliphatic heterocycles. The lowest BCUT2D eigenvalue weighted by molar-refractivity contribution is 0.0542. The van der Waals surface area contributed by atoms with E-state index in [-0.39, 0.29) is 11.9 Å². The summed E-state index contributed by atoms with van der Waals surface area (Å²) >= 11 is 0. The Kier molecular flexibility index (Phi) is 11.5. The van der Waals surface area contributed by atoms with Gasteiger partial charge in [0.05, 0.1) is 7.11 Å². The molecule has 44 heavy (non-hydrogen) atoms. The molecule has 5 heteroatoms. The van der Waals surface area contributed by atoms with E-state index in [4.69, 9.17) is 9.47 Å². The highest BCUT2D eigenvalue weighted by Crippen LogP contribution is 2.31. The summed E-state index contributed by atoms with van der Waals surface area (Å²) in [6, 6.07) is 35.3. The van der Waals surface area contributed by atoms with Gasteiger partial charge in [-0.25, -0.2) is 0 Å². The lowest BCUT2D eigenvalue weighted by Crippen LogP contribution is -2.46. The Morgan fingerprint density at radius 1 is 0.773 bits per heavy atom. The van der Waals surface area contributed by atoms with Crippen LogP contribution in [0.1, 0.15) is 71.6 Å². The van der Waals surface area contributed by atoms with Gasteiger partial charge >= 0.3 is 0 Å². The quantitative estimate of drug-likeness (QED) is 0.139. The largest absolute Gasteiger partial charge is 0.493 e. The van der Waals surface area contributed by atoms with Crippen molar-refractivity contribution in [2.45, 2.75) is 71.2 Å². The second-order valence-corrected chi connectivity index (χ2v) is 11.8. The monoisotopic (exact) mass is 590 g/mol. The van der Waals surface area contributed by atoms with Gasteiger partial charge in [-0.1, -0.05) is 98.6 Å². The molecule has 1 aliphatic rings. The molecule has 0 atom stereocenters. The summed E-state index contributed by atoms with van der Waals surface area (Å²) in [6.07, 6.45) is 6.58. The fourth-order valence-corrected chi connectivity index (χ4v) is 6.02. The molecule has 4 aromatic carbocycles. The molecule has 1 fully saturated rings. The molecule has 1 saturated heterocycles. The number of hydrogen-bond acceptors (Lipinski definition) is 4. The number of aryl methyl sites for hydroxylation is 1. The van der Waals surface area contributed by atoms with Gasteiger partial charge in [0.2, 0.25) is 0 Å². The van der Waals surface area contributed by atoms with E-state index in [2.05, 4.69) is 77.4 Å². The first kappa shape index (κ1) is 31.3. The number of benzene rings is 4. The third kappa shape index (κ3) is 8.73. The fraction of sp³-hybridized carbons (Fsp3) is 0.359. The third-order valence-corrected chi connectivity index (χ3v) is 8.60. The minimum Gasteiger partial charge on any atom is -0.493 e. The molecular weight excluding hydrogens is 544 g/mol. The molecule has 4 aromatic rings. The number of carbonyl (C=O) groups is 1. The van der Waals surface area contributed by atoms with Gasteiger partial charge in [0.15, 0.2) is 11.5 Å². The average Bonchev–Trinajstić information content (AvgIpc) is 3.08. The zero-order valence-electron chi connectivity index (χ0n) is 26.3. The number of carbonyl (C=O) groups excluding carboxylic acids is 1. The molecule has 5 nitrogen and oxygen atoms in total. The van der Waals surface area contributed by atoms with Crippen LogP contribution in [0.25, 0.3) is 0 Å². The van der Waals surface area contributed by atoms with E-state index in [0.29, 0.717) is 24.7 Å². The summed E-state index contributed by atoms with van der Waals surface area (Å²) in [5, 5.41) is 0. The predicted molar refractivity (Wildman–Crippen MR) is 178 cm³/mol. The molecule has 0 N–H and O–H groups in total. The SMILES string of the molecule is CCCCCc1ccc(C(=O)N(Cc2ccc(OC)c(OCc3ccccc3)c2)C2CCN(Cc3ccccc3)CC2)cc1. The summed E-state index contributed by atoms with van der Waals surface area (Å²) in [5.41, 5.74) is 5.51. The lowest BCUT2D eigenvalue weighted by atomic mass is 9.99. The van der Waals surface area contributed by atoms with Gasteiger partial charge in [-0.2, -0.15) is 0 Å². The number of amides is 1. The molecule has 1 heterocycles. The molecule has 0 spiro atoms. The zero-order valence-corrected chi connectivity index (χ0v) is 26.3. The second-order valence-electron chi connectivity index (χ2n) is 11.8. The van der Waals surface area contributed by atoms with Gasteiger partial charge in [0, 0.05) is 37.8 Å². The summed E-state index contributed by atoms with van der Waals surface area (Å²) in [5.74, 6) is 1.47. The van der Waals surface area contributed by atoms with Gasteiger partial charge < -0.3 is 14.4 Å². The number of rotatable bonds is 14. The van der Waals surface area contributed by atoms with Crippen LogP contribution < -0.4 is 9.47 Å². The van der Waals surface area contributed by atoms with E-state index in [9.17, 15) is 4.79 Å². The maximum atomic E-state index is 14.2. The van der Waals surface area contributed by atoms with Crippen LogP contribution in [0.2, 0.25) is 0 Å². The minimum absolute atomic E-state index is 0.0918. The average molecular weight is 591 g/mol. The summed E-state index contributed by atoms with van der Waals surface area (Å²) in [4.78, 5) is 18.8. The first-order chi connectivity index (χ1) is 21.6. The van der Waals surface area contributed by atoms with E-state index in [0.717, 1.165) is 55.6 Å².